The second-order valence-corrected chi connectivity index (χ2v) is 2.54. The van der Waals surface area contributed by atoms with Crippen LogP contribution >= 0.6 is 0 Å². The zero-order chi connectivity index (χ0) is 10.6. The first-order chi connectivity index (χ1) is 6.59. The smallest absolute Gasteiger partial charge is 0.404 e. The number of nitrogens with zero attached hydrogens (tertiary/aromatic N) is 1. The van der Waals surface area contributed by atoms with Crippen molar-refractivity contribution in [3.63, 3.8) is 0 Å². The summed E-state index contributed by atoms with van der Waals surface area (Å²) in [5, 5.41) is 10.5. The van der Waals surface area contributed by atoms with Crippen molar-refractivity contribution in [2.75, 3.05) is 0 Å². The molecule has 0 spiro atoms. The first kappa shape index (κ1) is 9.97. The fraction of sp³-hybridized carbons (Fsp3) is 0.125. The van der Waals surface area contributed by atoms with Crippen LogP contribution < -0.4 is 11.1 Å². The third-order valence-electron chi connectivity index (χ3n) is 1.48. The molecule has 0 aliphatic carbocycles. The van der Waals surface area contributed by atoms with Gasteiger partial charge in [-0.2, -0.15) is 0 Å². The number of pyridine rings is 1. The standard InChI is InChI=1S/C8H9N3O3/c9-7(12)6-3-1-2-5(11-6)4-10-8(13)14/h1-3,10H,4H2,(H2,9,12)(H,13,14). The molecule has 4 N–H and O–H groups in total. The van der Waals surface area contributed by atoms with Crippen molar-refractivity contribution in [1.29, 1.82) is 0 Å². The molecule has 6 heteroatoms. The maximum absolute atomic E-state index is 10.7. The molecule has 0 fully saturated rings. The van der Waals surface area contributed by atoms with E-state index in [1.54, 1.807) is 12.1 Å². The molecule has 0 aromatic carbocycles. The van der Waals surface area contributed by atoms with Crippen molar-refractivity contribution in [3.8, 4) is 0 Å². The highest BCUT2D eigenvalue weighted by atomic mass is 16.4. The summed E-state index contributed by atoms with van der Waals surface area (Å²) in [6.45, 7) is 0.0520. The van der Waals surface area contributed by atoms with Gasteiger partial charge in [0.25, 0.3) is 5.91 Å². The summed E-state index contributed by atoms with van der Waals surface area (Å²) in [4.78, 5) is 24.7. The van der Waals surface area contributed by atoms with Crippen LogP contribution in [0.15, 0.2) is 18.2 Å². The van der Waals surface area contributed by atoms with E-state index in [0.29, 0.717) is 5.69 Å². The maximum atomic E-state index is 10.7. The van der Waals surface area contributed by atoms with Gasteiger partial charge < -0.3 is 16.2 Å². The molecule has 2 amide bonds. The van der Waals surface area contributed by atoms with Crippen LogP contribution in [0.3, 0.4) is 0 Å². The first-order valence-electron chi connectivity index (χ1n) is 3.82. The molecular weight excluding hydrogens is 186 g/mol. The van der Waals surface area contributed by atoms with Gasteiger partial charge in [-0.1, -0.05) is 6.07 Å². The number of rotatable bonds is 3. The van der Waals surface area contributed by atoms with Crippen LogP contribution in [0.4, 0.5) is 4.79 Å². The minimum atomic E-state index is -1.14. The molecule has 0 aliphatic heterocycles. The van der Waals surface area contributed by atoms with Crippen molar-refractivity contribution in [2.24, 2.45) is 5.73 Å². The largest absolute Gasteiger partial charge is 0.465 e. The monoisotopic (exact) mass is 195 g/mol. The molecule has 74 valence electrons. The Labute approximate surface area is 79.8 Å². The average Bonchev–Trinajstić information content (AvgIpc) is 2.15. The van der Waals surface area contributed by atoms with Crippen molar-refractivity contribution >= 4 is 12.0 Å². The van der Waals surface area contributed by atoms with Gasteiger partial charge in [0.05, 0.1) is 12.2 Å². The summed E-state index contributed by atoms with van der Waals surface area (Å²) in [6, 6.07) is 4.65. The van der Waals surface area contributed by atoms with Crippen LogP contribution in [-0.2, 0) is 6.54 Å². The number of carbonyl (C=O) groups is 2. The predicted molar refractivity (Wildman–Crippen MR) is 47.6 cm³/mol. The number of primary amides is 1. The van der Waals surface area contributed by atoms with Crippen molar-refractivity contribution in [3.05, 3.63) is 29.6 Å². The summed E-state index contributed by atoms with van der Waals surface area (Å²) in [5.74, 6) is -0.637. The van der Waals surface area contributed by atoms with Crippen LogP contribution in [-0.4, -0.2) is 22.1 Å². The van der Waals surface area contributed by atoms with Gasteiger partial charge in [0.15, 0.2) is 0 Å². The molecule has 6 nitrogen and oxygen atoms in total. The number of carboxylic acid groups (broad SMARTS) is 1. The lowest BCUT2D eigenvalue weighted by Gasteiger charge is -2.01. The average molecular weight is 195 g/mol. The Morgan fingerprint density at radius 3 is 2.79 bits per heavy atom. The molecule has 1 aromatic rings. The van der Waals surface area contributed by atoms with Gasteiger partial charge in [-0.25, -0.2) is 9.78 Å². The van der Waals surface area contributed by atoms with E-state index in [1.165, 1.54) is 6.07 Å². The van der Waals surface area contributed by atoms with E-state index in [9.17, 15) is 9.59 Å². The number of amides is 2. The fourth-order valence-corrected chi connectivity index (χ4v) is 0.881. The minimum Gasteiger partial charge on any atom is -0.465 e. The molecule has 1 heterocycles. The quantitative estimate of drug-likeness (QED) is 0.628. The highest BCUT2D eigenvalue weighted by Gasteiger charge is 2.03. The van der Waals surface area contributed by atoms with Gasteiger partial charge in [0.1, 0.15) is 5.69 Å². The number of carbonyl (C=O) groups excluding carboxylic acids is 1. The van der Waals surface area contributed by atoms with Gasteiger partial charge in [-0.05, 0) is 12.1 Å². The zero-order valence-corrected chi connectivity index (χ0v) is 7.23. The van der Waals surface area contributed by atoms with Gasteiger partial charge in [0.2, 0.25) is 0 Å². The second-order valence-electron chi connectivity index (χ2n) is 2.54. The van der Waals surface area contributed by atoms with Crippen LogP contribution in [0.5, 0.6) is 0 Å². The number of hydrogen-bond acceptors (Lipinski definition) is 3. The zero-order valence-electron chi connectivity index (χ0n) is 7.23. The van der Waals surface area contributed by atoms with E-state index in [4.69, 9.17) is 10.8 Å². The molecule has 0 atom stereocenters. The van der Waals surface area contributed by atoms with Gasteiger partial charge in [-0.3, -0.25) is 4.79 Å². The van der Waals surface area contributed by atoms with E-state index in [0.717, 1.165) is 0 Å². The molecule has 0 radical (unpaired) electrons. The van der Waals surface area contributed by atoms with Gasteiger partial charge >= 0.3 is 6.09 Å². The maximum Gasteiger partial charge on any atom is 0.404 e. The van der Waals surface area contributed by atoms with E-state index in [2.05, 4.69) is 10.3 Å². The molecule has 0 saturated heterocycles. The molecule has 1 aromatic heterocycles. The van der Waals surface area contributed by atoms with E-state index in [1.807, 2.05) is 0 Å². The van der Waals surface area contributed by atoms with Crippen LogP contribution in [0.2, 0.25) is 0 Å². The third kappa shape index (κ3) is 2.74. The number of nitrogens with one attached hydrogen (secondary N) is 1. The topological polar surface area (TPSA) is 105 Å². The molecule has 0 unspecified atom stereocenters. The Morgan fingerprint density at radius 2 is 2.21 bits per heavy atom. The molecule has 14 heavy (non-hydrogen) atoms. The number of aromatic nitrogens is 1. The SMILES string of the molecule is NC(=O)c1cccc(CNC(=O)O)n1. The highest BCUT2D eigenvalue weighted by Crippen LogP contribution is 1.98. The van der Waals surface area contributed by atoms with Crippen LogP contribution in [0, 0.1) is 0 Å². The second kappa shape index (κ2) is 4.22. The lowest BCUT2D eigenvalue weighted by Crippen LogP contribution is -2.21. The molecule has 0 aliphatic rings. The highest BCUT2D eigenvalue weighted by molar-refractivity contribution is 5.90. The van der Waals surface area contributed by atoms with Crippen molar-refractivity contribution in [2.45, 2.75) is 6.54 Å². The minimum absolute atomic E-state index is 0.0520. The Kier molecular flexibility index (Phi) is 3.01. The van der Waals surface area contributed by atoms with E-state index < -0.39 is 12.0 Å². The first-order valence-corrected chi connectivity index (χ1v) is 3.82. The molecule has 1 rings (SSSR count). The van der Waals surface area contributed by atoms with E-state index in [-0.39, 0.29) is 12.2 Å². The Morgan fingerprint density at radius 1 is 1.50 bits per heavy atom. The Balaban J connectivity index is 2.73. The molecule has 0 bridgehead atoms. The number of hydrogen-bond donors (Lipinski definition) is 3. The predicted octanol–water partition coefficient (Wildman–Crippen LogP) is -0.0519. The molecule has 0 saturated carbocycles. The number of nitrogens with two attached hydrogens (primary N) is 1. The van der Waals surface area contributed by atoms with Crippen molar-refractivity contribution < 1.29 is 14.7 Å². The molecular formula is C8H9N3O3. The van der Waals surface area contributed by atoms with Crippen LogP contribution in [0.25, 0.3) is 0 Å². The summed E-state index contributed by atoms with van der Waals surface area (Å²) < 4.78 is 0. The normalized spacial score (nSPS) is 9.43. The van der Waals surface area contributed by atoms with Crippen LogP contribution in [0.1, 0.15) is 16.2 Å². The summed E-state index contributed by atoms with van der Waals surface area (Å²) in [5.41, 5.74) is 5.57. The summed E-state index contributed by atoms with van der Waals surface area (Å²) in [7, 11) is 0. The van der Waals surface area contributed by atoms with Gasteiger partial charge in [0, 0.05) is 0 Å². The lowest BCUT2D eigenvalue weighted by molar-refractivity contribution is 0.0995. The lowest BCUT2D eigenvalue weighted by atomic mass is 10.3. The van der Waals surface area contributed by atoms with Crippen molar-refractivity contribution in [1.82, 2.24) is 10.3 Å². The third-order valence-corrected chi connectivity index (χ3v) is 1.48. The fourth-order valence-electron chi connectivity index (χ4n) is 0.881. The summed E-state index contributed by atoms with van der Waals surface area (Å²) >= 11 is 0. The van der Waals surface area contributed by atoms with Gasteiger partial charge in [-0.15, -0.1) is 0 Å². The Bertz CT molecular complexity index is 365. The Hall–Kier alpha value is -2.11. The summed E-state index contributed by atoms with van der Waals surface area (Å²) in [6.07, 6.45) is -1.14. The van der Waals surface area contributed by atoms with E-state index >= 15 is 0 Å².